The van der Waals surface area contributed by atoms with Crippen LogP contribution in [0.2, 0.25) is 0 Å². The molecular weight excluding hydrogens is 148 g/mol. The lowest BCUT2D eigenvalue weighted by molar-refractivity contribution is 0.0700. The minimum atomic E-state index is -0.0747. The van der Waals surface area contributed by atoms with Crippen LogP contribution in [0.25, 0.3) is 0 Å². The van der Waals surface area contributed by atoms with Crippen molar-refractivity contribution < 1.29 is 5.11 Å². The molecular formula is C11H24O. The van der Waals surface area contributed by atoms with Gasteiger partial charge in [-0.25, -0.2) is 0 Å². The molecule has 0 radical (unpaired) electrons. The summed E-state index contributed by atoms with van der Waals surface area (Å²) in [7, 11) is 0. The van der Waals surface area contributed by atoms with Crippen molar-refractivity contribution in [1.82, 2.24) is 0 Å². The van der Waals surface area contributed by atoms with E-state index in [1.807, 2.05) is 33.8 Å². The van der Waals surface area contributed by atoms with Crippen molar-refractivity contribution in [3.05, 3.63) is 12.7 Å². The summed E-state index contributed by atoms with van der Waals surface area (Å²) in [6.07, 6.45) is 1.89. The zero-order chi connectivity index (χ0) is 10.4. The van der Waals surface area contributed by atoms with Gasteiger partial charge in [-0.2, -0.15) is 0 Å². The second-order valence-corrected chi connectivity index (χ2v) is 3.97. The standard InChI is InChI=1S/C9H18O.C2H6/c1-6-8(2,3)9(4,5)7-10;1-2/h6,10H,1,7H2,2-5H3;1-2H3. The summed E-state index contributed by atoms with van der Waals surface area (Å²) in [6, 6.07) is 0. The summed E-state index contributed by atoms with van der Waals surface area (Å²) in [5, 5.41) is 9.01. The van der Waals surface area contributed by atoms with E-state index in [4.69, 9.17) is 5.11 Å². The van der Waals surface area contributed by atoms with Crippen LogP contribution in [0.5, 0.6) is 0 Å². The molecule has 0 rings (SSSR count). The summed E-state index contributed by atoms with van der Waals surface area (Å²) < 4.78 is 0. The highest BCUT2D eigenvalue weighted by atomic mass is 16.3. The van der Waals surface area contributed by atoms with E-state index < -0.39 is 0 Å². The average molecular weight is 172 g/mol. The van der Waals surface area contributed by atoms with Crippen LogP contribution in [-0.4, -0.2) is 11.7 Å². The fraction of sp³-hybridized carbons (Fsp3) is 0.818. The van der Waals surface area contributed by atoms with E-state index in [-0.39, 0.29) is 17.4 Å². The van der Waals surface area contributed by atoms with Crippen molar-refractivity contribution in [2.75, 3.05) is 6.61 Å². The Labute approximate surface area is 77.5 Å². The third-order valence-corrected chi connectivity index (χ3v) is 2.65. The first-order valence-electron chi connectivity index (χ1n) is 4.62. The molecule has 0 saturated carbocycles. The maximum Gasteiger partial charge on any atom is 0.0490 e. The Bertz CT molecular complexity index is 123. The summed E-state index contributed by atoms with van der Waals surface area (Å²) in [5.41, 5.74) is -0.0729. The summed E-state index contributed by atoms with van der Waals surface area (Å²) in [6.45, 7) is 16.2. The quantitative estimate of drug-likeness (QED) is 0.648. The maximum absolute atomic E-state index is 9.01. The first kappa shape index (κ1) is 14.2. The minimum absolute atomic E-state index is 0.00174. The third kappa shape index (κ3) is 3.40. The first-order chi connectivity index (χ1) is 5.37. The molecule has 0 heterocycles. The molecule has 0 bridgehead atoms. The molecule has 0 atom stereocenters. The number of allylic oxidation sites excluding steroid dienone is 1. The van der Waals surface area contributed by atoms with Gasteiger partial charge in [0, 0.05) is 6.61 Å². The van der Waals surface area contributed by atoms with Gasteiger partial charge in [0.1, 0.15) is 0 Å². The predicted octanol–water partition coefficient (Wildman–Crippen LogP) is 3.24. The van der Waals surface area contributed by atoms with Gasteiger partial charge in [-0.15, -0.1) is 6.58 Å². The molecule has 0 aliphatic carbocycles. The fourth-order valence-corrected chi connectivity index (χ4v) is 0.480. The van der Waals surface area contributed by atoms with Gasteiger partial charge in [0.15, 0.2) is 0 Å². The van der Waals surface area contributed by atoms with Crippen LogP contribution in [0.1, 0.15) is 41.5 Å². The van der Waals surface area contributed by atoms with Gasteiger partial charge in [-0.05, 0) is 10.8 Å². The number of hydrogen-bond acceptors (Lipinski definition) is 1. The molecule has 0 fully saturated rings. The Morgan fingerprint density at radius 3 is 1.58 bits per heavy atom. The van der Waals surface area contributed by atoms with Crippen LogP contribution in [0.4, 0.5) is 0 Å². The zero-order valence-corrected chi connectivity index (χ0v) is 9.44. The molecule has 1 heteroatoms. The molecule has 12 heavy (non-hydrogen) atoms. The molecule has 0 aromatic rings. The van der Waals surface area contributed by atoms with Gasteiger partial charge in [0.05, 0.1) is 0 Å². The second kappa shape index (κ2) is 5.36. The molecule has 1 nitrogen and oxygen atoms in total. The van der Waals surface area contributed by atoms with Crippen molar-refractivity contribution in [3.8, 4) is 0 Å². The summed E-state index contributed by atoms with van der Waals surface area (Å²) in [4.78, 5) is 0. The van der Waals surface area contributed by atoms with Crippen LogP contribution >= 0.6 is 0 Å². The molecule has 1 N–H and O–H groups in total. The van der Waals surface area contributed by atoms with Crippen molar-refractivity contribution >= 4 is 0 Å². The molecule has 0 aliphatic rings. The van der Waals surface area contributed by atoms with Crippen LogP contribution in [-0.2, 0) is 0 Å². The summed E-state index contributed by atoms with van der Waals surface area (Å²) >= 11 is 0. The van der Waals surface area contributed by atoms with Crippen molar-refractivity contribution in [2.24, 2.45) is 10.8 Å². The number of aliphatic hydroxyl groups is 1. The zero-order valence-electron chi connectivity index (χ0n) is 9.44. The minimum Gasteiger partial charge on any atom is -0.396 e. The molecule has 0 aromatic heterocycles. The van der Waals surface area contributed by atoms with E-state index in [1.54, 1.807) is 0 Å². The molecule has 0 saturated heterocycles. The van der Waals surface area contributed by atoms with Crippen LogP contribution in [0.3, 0.4) is 0 Å². The van der Waals surface area contributed by atoms with Crippen LogP contribution < -0.4 is 0 Å². The lowest BCUT2D eigenvalue weighted by Gasteiger charge is -2.37. The SMILES string of the molecule is C=CC(C)(C)C(C)(C)CO.CC. The topological polar surface area (TPSA) is 20.2 Å². The highest BCUT2D eigenvalue weighted by Crippen LogP contribution is 2.38. The Kier molecular flexibility index (Phi) is 6.36. The largest absolute Gasteiger partial charge is 0.396 e. The lowest BCUT2D eigenvalue weighted by atomic mass is 9.69. The highest BCUT2D eigenvalue weighted by Gasteiger charge is 2.33. The van der Waals surface area contributed by atoms with E-state index in [1.165, 1.54) is 0 Å². The van der Waals surface area contributed by atoms with Gasteiger partial charge in [0.25, 0.3) is 0 Å². The number of hydrogen-bond donors (Lipinski definition) is 1. The van der Waals surface area contributed by atoms with E-state index in [2.05, 4.69) is 20.4 Å². The second-order valence-electron chi connectivity index (χ2n) is 3.97. The van der Waals surface area contributed by atoms with Crippen molar-refractivity contribution in [2.45, 2.75) is 41.5 Å². The fourth-order valence-electron chi connectivity index (χ4n) is 0.480. The van der Waals surface area contributed by atoms with Crippen molar-refractivity contribution in [3.63, 3.8) is 0 Å². The van der Waals surface area contributed by atoms with Gasteiger partial charge < -0.3 is 5.11 Å². The van der Waals surface area contributed by atoms with Gasteiger partial charge in [-0.3, -0.25) is 0 Å². The Balaban J connectivity index is 0. The first-order valence-corrected chi connectivity index (χ1v) is 4.62. The lowest BCUT2D eigenvalue weighted by Crippen LogP contribution is -2.33. The van der Waals surface area contributed by atoms with Gasteiger partial charge in [-0.1, -0.05) is 47.6 Å². The summed E-state index contributed by atoms with van der Waals surface area (Å²) in [5.74, 6) is 0. The molecule has 0 unspecified atom stereocenters. The Hall–Kier alpha value is -0.300. The molecule has 0 amide bonds. The van der Waals surface area contributed by atoms with Gasteiger partial charge in [0.2, 0.25) is 0 Å². The molecule has 0 aromatic carbocycles. The highest BCUT2D eigenvalue weighted by molar-refractivity contribution is 4.97. The average Bonchev–Trinajstić information content (AvgIpc) is 2.08. The number of rotatable bonds is 3. The molecule has 74 valence electrons. The number of aliphatic hydroxyl groups excluding tert-OH is 1. The van der Waals surface area contributed by atoms with E-state index in [0.29, 0.717) is 0 Å². The van der Waals surface area contributed by atoms with E-state index >= 15 is 0 Å². The maximum atomic E-state index is 9.01. The molecule has 0 spiro atoms. The van der Waals surface area contributed by atoms with E-state index in [0.717, 1.165) is 0 Å². The monoisotopic (exact) mass is 172 g/mol. The van der Waals surface area contributed by atoms with Crippen LogP contribution in [0, 0.1) is 10.8 Å². The smallest absolute Gasteiger partial charge is 0.0490 e. The van der Waals surface area contributed by atoms with Gasteiger partial charge >= 0.3 is 0 Å². The molecule has 0 aliphatic heterocycles. The van der Waals surface area contributed by atoms with Crippen LogP contribution in [0.15, 0.2) is 12.7 Å². The predicted molar refractivity (Wildman–Crippen MR) is 56.2 cm³/mol. The third-order valence-electron chi connectivity index (χ3n) is 2.65. The Morgan fingerprint density at radius 1 is 1.17 bits per heavy atom. The Morgan fingerprint density at radius 2 is 1.50 bits per heavy atom. The van der Waals surface area contributed by atoms with Crippen molar-refractivity contribution in [1.29, 1.82) is 0 Å². The normalized spacial score (nSPS) is 11.6. The van der Waals surface area contributed by atoms with E-state index in [9.17, 15) is 0 Å².